The molecule has 2 aliphatic heterocycles. The van der Waals surface area contributed by atoms with Crippen molar-refractivity contribution in [1.82, 2.24) is 14.9 Å². The highest BCUT2D eigenvalue weighted by Crippen LogP contribution is 2.31. The van der Waals surface area contributed by atoms with Crippen LogP contribution in [0.15, 0.2) is 54.6 Å². The van der Waals surface area contributed by atoms with E-state index in [1.54, 1.807) is 0 Å². The van der Waals surface area contributed by atoms with E-state index in [0.29, 0.717) is 26.3 Å². The minimum atomic E-state index is 0.0730. The first-order chi connectivity index (χ1) is 15.2. The van der Waals surface area contributed by atoms with Gasteiger partial charge in [0.15, 0.2) is 5.82 Å². The molecule has 2 aromatic carbocycles. The third kappa shape index (κ3) is 3.91. The zero-order valence-electron chi connectivity index (χ0n) is 17.8. The largest absolute Gasteiger partial charge is 0.378 e. The van der Waals surface area contributed by atoms with Crippen LogP contribution in [0.25, 0.3) is 11.4 Å². The smallest absolute Gasteiger partial charge is 0.254 e. The van der Waals surface area contributed by atoms with Gasteiger partial charge in [0.05, 0.1) is 25.5 Å². The van der Waals surface area contributed by atoms with Crippen LogP contribution >= 0.6 is 0 Å². The predicted molar refractivity (Wildman–Crippen MR) is 120 cm³/mol. The Hall–Kier alpha value is -3.25. The number of fused-ring (bicyclic) bond motifs is 1. The summed E-state index contributed by atoms with van der Waals surface area (Å²) in [5.74, 6) is 1.76. The number of hydrogen-bond donors (Lipinski definition) is 0. The number of aryl methyl sites for hydroxylation is 1. The van der Waals surface area contributed by atoms with Gasteiger partial charge in [-0.15, -0.1) is 0 Å². The van der Waals surface area contributed by atoms with Crippen molar-refractivity contribution >= 4 is 11.7 Å². The van der Waals surface area contributed by atoms with Crippen molar-refractivity contribution in [3.8, 4) is 11.4 Å². The fraction of sp³-hybridized carbons (Fsp3) is 0.320. The average Bonchev–Trinajstić information content (AvgIpc) is 2.84. The Labute approximate surface area is 182 Å². The molecule has 0 atom stereocenters. The van der Waals surface area contributed by atoms with Gasteiger partial charge in [0.2, 0.25) is 0 Å². The summed E-state index contributed by atoms with van der Waals surface area (Å²) in [6.07, 6.45) is 0.729. The molecule has 6 nitrogen and oxygen atoms in total. The van der Waals surface area contributed by atoms with Gasteiger partial charge >= 0.3 is 0 Å². The maximum atomic E-state index is 13.3. The highest BCUT2D eigenvalue weighted by Gasteiger charge is 2.29. The van der Waals surface area contributed by atoms with E-state index in [2.05, 4.69) is 4.90 Å². The third-order valence-electron chi connectivity index (χ3n) is 6.04. The van der Waals surface area contributed by atoms with E-state index in [0.717, 1.165) is 59.1 Å². The third-order valence-corrected chi connectivity index (χ3v) is 6.04. The Morgan fingerprint density at radius 2 is 1.68 bits per heavy atom. The van der Waals surface area contributed by atoms with E-state index in [9.17, 15) is 4.79 Å². The number of morpholine rings is 1. The molecule has 1 amide bonds. The summed E-state index contributed by atoms with van der Waals surface area (Å²) in [6, 6.07) is 17.9. The predicted octanol–water partition coefficient (Wildman–Crippen LogP) is 3.49. The topological polar surface area (TPSA) is 58.6 Å². The molecular weight excluding hydrogens is 388 g/mol. The van der Waals surface area contributed by atoms with Crippen LogP contribution in [-0.4, -0.2) is 53.6 Å². The van der Waals surface area contributed by atoms with Gasteiger partial charge in [-0.1, -0.05) is 48.5 Å². The quantitative estimate of drug-likeness (QED) is 0.657. The number of rotatable bonds is 3. The molecule has 5 rings (SSSR count). The Bertz CT molecular complexity index is 1090. The standard InChI is InChI=1S/C25H26N4O2/c1-18-7-5-6-10-20(18)25(30)29-12-11-22-21(17-29)24(28-13-15-31-16-14-28)27-23(26-22)19-8-3-2-4-9-19/h2-10H,11-17H2,1H3. The number of hydrogen-bond acceptors (Lipinski definition) is 5. The van der Waals surface area contributed by atoms with E-state index in [-0.39, 0.29) is 5.91 Å². The Morgan fingerprint density at radius 3 is 2.45 bits per heavy atom. The molecule has 158 valence electrons. The summed E-state index contributed by atoms with van der Waals surface area (Å²) < 4.78 is 5.56. The first kappa shape index (κ1) is 19.7. The Kier molecular flexibility index (Phi) is 5.38. The number of benzene rings is 2. The van der Waals surface area contributed by atoms with E-state index >= 15 is 0 Å². The number of anilines is 1. The van der Waals surface area contributed by atoms with Crippen LogP contribution in [-0.2, 0) is 17.7 Å². The molecule has 0 spiro atoms. The summed E-state index contributed by atoms with van der Waals surface area (Å²) in [7, 11) is 0. The van der Waals surface area contributed by atoms with Crippen molar-refractivity contribution in [2.75, 3.05) is 37.7 Å². The van der Waals surface area contributed by atoms with Crippen LogP contribution < -0.4 is 4.90 Å². The first-order valence-electron chi connectivity index (χ1n) is 10.8. The van der Waals surface area contributed by atoms with Gasteiger partial charge in [0, 0.05) is 42.7 Å². The van der Waals surface area contributed by atoms with Crippen molar-refractivity contribution in [3.63, 3.8) is 0 Å². The van der Waals surface area contributed by atoms with Gasteiger partial charge in [0.25, 0.3) is 5.91 Å². The van der Waals surface area contributed by atoms with Crippen molar-refractivity contribution in [3.05, 3.63) is 77.0 Å². The summed E-state index contributed by atoms with van der Waals surface area (Å²) >= 11 is 0. The number of amides is 1. The normalized spacial score (nSPS) is 16.2. The molecule has 0 saturated carbocycles. The van der Waals surface area contributed by atoms with Crippen LogP contribution in [0.5, 0.6) is 0 Å². The molecule has 0 radical (unpaired) electrons. The molecule has 6 heteroatoms. The van der Waals surface area contributed by atoms with Crippen molar-refractivity contribution in [2.45, 2.75) is 19.9 Å². The molecule has 0 N–H and O–H groups in total. The minimum absolute atomic E-state index is 0.0730. The molecule has 1 saturated heterocycles. The number of ether oxygens (including phenoxy) is 1. The Morgan fingerprint density at radius 1 is 0.935 bits per heavy atom. The molecule has 1 aromatic heterocycles. The highest BCUT2D eigenvalue weighted by atomic mass is 16.5. The average molecular weight is 415 g/mol. The van der Waals surface area contributed by atoms with Gasteiger partial charge in [-0.05, 0) is 18.6 Å². The van der Waals surface area contributed by atoms with Crippen LogP contribution in [0.1, 0.15) is 27.2 Å². The summed E-state index contributed by atoms with van der Waals surface area (Å²) in [5, 5.41) is 0. The maximum Gasteiger partial charge on any atom is 0.254 e. The number of nitrogens with zero attached hydrogens (tertiary/aromatic N) is 4. The lowest BCUT2D eigenvalue weighted by atomic mass is 10.0. The molecule has 31 heavy (non-hydrogen) atoms. The summed E-state index contributed by atoms with van der Waals surface area (Å²) in [6.45, 7) is 6.14. The lowest BCUT2D eigenvalue weighted by molar-refractivity contribution is 0.0732. The van der Waals surface area contributed by atoms with E-state index in [1.165, 1.54) is 0 Å². The molecular formula is C25H26N4O2. The second kappa shape index (κ2) is 8.47. The van der Waals surface area contributed by atoms with E-state index < -0.39 is 0 Å². The zero-order valence-corrected chi connectivity index (χ0v) is 17.8. The summed E-state index contributed by atoms with van der Waals surface area (Å²) in [4.78, 5) is 27.4. The van der Waals surface area contributed by atoms with Crippen LogP contribution in [0.3, 0.4) is 0 Å². The molecule has 0 unspecified atom stereocenters. The molecule has 0 bridgehead atoms. The number of carbonyl (C=O) groups is 1. The van der Waals surface area contributed by atoms with Crippen molar-refractivity contribution in [2.24, 2.45) is 0 Å². The van der Waals surface area contributed by atoms with Crippen LogP contribution in [0, 0.1) is 6.92 Å². The van der Waals surface area contributed by atoms with Gasteiger partial charge in [-0.25, -0.2) is 9.97 Å². The monoisotopic (exact) mass is 414 g/mol. The highest BCUT2D eigenvalue weighted by molar-refractivity contribution is 5.95. The minimum Gasteiger partial charge on any atom is -0.378 e. The van der Waals surface area contributed by atoms with Gasteiger partial charge in [-0.2, -0.15) is 0 Å². The lowest BCUT2D eigenvalue weighted by Crippen LogP contribution is -2.41. The first-order valence-corrected chi connectivity index (χ1v) is 10.8. The van der Waals surface area contributed by atoms with Gasteiger partial charge in [-0.3, -0.25) is 4.79 Å². The van der Waals surface area contributed by atoms with Gasteiger partial charge < -0.3 is 14.5 Å². The molecule has 3 heterocycles. The van der Waals surface area contributed by atoms with Crippen molar-refractivity contribution in [1.29, 1.82) is 0 Å². The molecule has 2 aliphatic rings. The van der Waals surface area contributed by atoms with Crippen LogP contribution in [0.4, 0.5) is 5.82 Å². The zero-order chi connectivity index (χ0) is 21.2. The number of carbonyl (C=O) groups excluding carboxylic acids is 1. The number of aromatic nitrogens is 2. The van der Waals surface area contributed by atoms with Crippen LogP contribution in [0.2, 0.25) is 0 Å². The maximum absolute atomic E-state index is 13.3. The summed E-state index contributed by atoms with van der Waals surface area (Å²) in [5.41, 5.74) is 4.89. The SMILES string of the molecule is Cc1ccccc1C(=O)N1CCc2nc(-c3ccccc3)nc(N3CCOCC3)c2C1. The van der Waals surface area contributed by atoms with Crippen molar-refractivity contribution < 1.29 is 9.53 Å². The second-order valence-corrected chi connectivity index (χ2v) is 8.05. The van der Waals surface area contributed by atoms with E-state index in [1.807, 2.05) is 66.4 Å². The fourth-order valence-corrected chi connectivity index (χ4v) is 4.31. The molecule has 3 aromatic rings. The van der Waals surface area contributed by atoms with Gasteiger partial charge in [0.1, 0.15) is 5.82 Å². The Balaban J connectivity index is 1.53. The second-order valence-electron chi connectivity index (χ2n) is 8.05. The lowest BCUT2D eigenvalue weighted by Gasteiger charge is -2.34. The fourth-order valence-electron chi connectivity index (χ4n) is 4.31. The molecule has 1 fully saturated rings. The van der Waals surface area contributed by atoms with E-state index in [4.69, 9.17) is 14.7 Å². The molecule has 0 aliphatic carbocycles.